The van der Waals surface area contributed by atoms with Gasteiger partial charge in [-0.25, -0.2) is 9.78 Å². The van der Waals surface area contributed by atoms with Gasteiger partial charge in [0.2, 0.25) is 0 Å². The lowest BCUT2D eigenvalue weighted by atomic mass is 9.98. The summed E-state index contributed by atoms with van der Waals surface area (Å²) < 4.78 is 12.1. The van der Waals surface area contributed by atoms with Gasteiger partial charge in [-0.05, 0) is 49.6 Å². The summed E-state index contributed by atoms with van der Waals surface area (Å²) >= 11 is 1.77. The largest absolute Gasteiger partial charge is 0.489 e. The smallest absolute Gasteiger partial charge is 0.321 e. The van der Waals surface area contributed by atoms with Gasteiger partial charge in [0.15, 0.2) is 0 Å². The number of amides is 2. The number of carbonyl (C=O) groups excluding carboxylic acids is 1. The summed E-state index contributed by atoms with van der Waals surface area (Å²) in [7, 11) is 1.64. The van der Waals surface area contributed by atoms with Crippen LogP contribution in [0.3, 0.4) is 0 Å². The van der Waals surface area contributed by atoms with E-state index in [1.807, 2.05) is 36.1 Å². The standard InChI is InChI=1S/C23H27N3O3S/c1-16-7-8-18(20(15-16)29-14-13-28-2)25-23(27)26-11-9-17(10-12-26)22-24-19-5-3-4-6-21(19)30-22/h3-8,15,17H,9-14H2,1-2H3,(H,25,27). The van der Waals surface area contributed by atoms with Crippen LogP contribution in [0.2, 0.25) is 0 Å². The normalized spacial score (nSPS) is 14.8. The lowest BCUT2D eigenvalue weighted by molar-refractivity contribution is 0.146. The third kappa shape index (κ3) is 4.74. The lowest BCUT2D eigenvalue weighted by Crippen LogP contribution is -2.40. The van der Waals surface area contributed by atoms with E-state index in [0.717, 1.165) is 37.0 Å². The molecule has 30 heavy (non-hydrogen) atoms. The number of piperidine rings is 1. The molecule has 2 heterocycles. The summed E-state index contributed by atoms with van der Waals surface area (Å²) in [6.07, 6.45) is 1.86. The van der Waals surface area contributed by atoms with Crippen molar-refractivity contribution in [2.24, 2.45) is 0 Å². The summed E-state index contributed by atoms with van der Waals surface area (Å²) in [5.74, 6) is 1.09. The number of carbonyl (C=O) groups is 1. The molecule has 2 amide bonds. The highest BCUT2D eigenvalue weighted by atomic mass is 32.1. The first-order chi connectivity index (χ1) is 14.6. The SMILES string of the molecule is COCCOc1cc(C)ccc1NC(=O)N1CCC(c2nc3ccccc3s2)CC1. The second-order valence-electron chi connectivity index (χ2n) is 7.55. The number of methoxy groups -OCH3 is 1. The van der Waals surface area contributed by atoms with E-state index < -0.39 is 0 Å². The van der Waals surface area contributed by atoms with Gasteiger partial charge in [-0.2, -0.15) is 0 Å². The Morgan fingerprint density at radius 2 is 2.00 bits per heavy atom. The molecule has 0 saturated carbocycles. The number of anilines is 1. The first-order valence-corrected chi connectivity index (χ1v) is 11.1. The fraction of sp³-hybridized carbons (Fsp3) is 0.391. The molecule has 3 aromatic rings. The summed E-state index contributed by atoms with van der Waals surface area (Å²) in [6, 6.07) is 14.0. The number of urea groups is 1. The maximum Gasteiger partial charge on any atom is 0.321 e. The number of thiazole rings is 1. The van der Waals surface area contributed by atoms with Gasteiger partial charge in [0.05, 0.1) is 27.5 Å². The van der Waals surface area contributed by atoms with Gasteiger partial charge < -0.3 is 19.7 Å². The van der Waals surface area contributed by atoms with Gasteiger partial charge >= 0.3 is 6.03 Å². The van der Waals surface area contributed by atoms with Gasteiger partial charge in [0.1, 0.15) is 12.4 Å². The van der Waals surface area contributed by atoms with Crippen LogP contribution in [0, 0.1) is 6.92 Å². The number of benzene rings is 2. The molecule has 6 nitrogen and oxygen atoms in total. The van der Waals surface area contributed by atoms with Crippen molar-refractivity contribution in [2.45, 2.75) is 25.7 Å². The van der Waals surface area contributed by atoms with Crippen molar-refractivity contribution < 1.29 is 14.3 Å². The number of para-hydroxylation sites is 1. The molecule has 158 valence electrons. The minimum Gasteiger partial charge on any atom is -0.489 e. The molecule has 1 fully saturated rings. The number of ether oxygens (including phenoxy) is 2. The fourth-order valence-electron chi connectivity index (χ4n) is 3.68. The number of likely N-dealkylation sites (tertiary alicyclic amines) is 1. The van der Waals surface area contributed by atoms with Crippen LogP contribution in [0.4, 0.5) is 10.5 Å². The molecule has 4 rings (SSSR count). The van der Waals surface area contributed by atoms with E-state index in [1.54, 1.807) is 18.4 Å². The minimum atomic E-state index is -0.0850. The van der Waals surface area contributed by atoms with E-state index in [1.165, 1.54) is 9.71 Å². The lowest BCUT2D eigenvalue weighted by Gasteiger charge is -2.31. The third-order valence-corrected chi connectivity index (χ3v) is 6.56. The molecular weight excluding hydrogens is 398 g/mol. The van der Waals surface area contributed by atoms with Gasteiger partial charge in [-0.15, -0.1) is 11.3 Å². The Bertz CT molecular complexity index is 979. The fourth-order valence-corrected chi connectivity index (χ4v) is 4.81. The zero-order chi connectivity index (χ0) is 20.9. The van der Waals surface area contributed by atoms with Crippen molar-refractivity contribution in [1.29, 1.82) is 0 Å². The Balaban J connectivity index is 1.36. The van der Waals surface area contributed by atoms with Crippen molar-refractivity contribution in [3.63, 3.8) is 0 Å². The monoisotopic (exact) mass is 425 g/mol. The molecule has 1 aliphatic heterocycles. The van der Waals surface area contributed by atoms with Gasteiger partial charge in [-0.1, -0.05) is 18.2 Å². The van der Waals surface area contributed by atoms with Crippen LogP contribution in [0.25, 0.3) is 10.2 Å². The van der Waals surface area contributed by atoms with Crippen LogP contribution >= 0.6 is 11.3 Å². The molecule has 1 aliphatic rings. The van der Waals surface area contributed by atoms with E-state index in [-0.39, 0.29) is 6.03 Å². The topological polar surface area (TPSA) is 63.7 Å². The number of aryl methyl sites for hydroxylation is 1. The molecule has 0 spiro atoms. The highest BCUT2D eigenvalue weighted by Gasteiger charge is 2.26. The van der Waals surface area contributed by atoms with Crippen LogP contribution in [0.5, 0.6) is 5.75 Å². The minimum absolute atomic E-state index is 0.0850. The molecule has 0 unspecified atom stereocenters. The number of rotatable bonds is 6. The molecule has 1 saturated heterocycles. The zero-order valence-electron chi connectivity index (χ0n) is 17.4. The van der Waals surface area contributed by atoms with Crippen molar-refractivity contribution in [2.75, 3.05) is 38.7 Å². The molecule has 7 heteroatoms. The number of fused-ring (bicyclic) bond motifs is 1. The average molecular weight is 426 g/mol. The quantitative estimate of drug-likeness (QED) is 0.562. The summed E-state index contributed by atoms with van der Waals surface area (Å²) in [5.41, 5.74) is 2.84. The van der Waals surface area contributed by atoms with Crippen molar-refractivity contribution in [3.8, 4) is 5.75 Å². The highest BCUT2D eigenvalue weighted by molar-refractivity contribution is 7.18. The predicted octanol–water partition coefficient (Wildman–Crippen LogP) is 5.04. The van der Waals surface area contributed by atoms with E-state index in [9.17, 15) is 4.79 Å². The maximum absolute atomic E-state index is 12.8. The molecular formula is C23H27N3O3S. The predicted molar refractivity (Wildman–Crippen MR) is 121 cm³/mol. The van der Waals surface area contributed by atoms with E-state index in [0.29, 0.717) is 30.6 Å². The van der Waals surface area contributed by atoms with Crippen LogP contribution in [0.15, 0.2) is 42.5 Å². The Morgan fingerprint density at radius 1 is 1.20 bits per heavy atom. The molecule has 0 atom stereocenters. The third-order valence-electron chi connectivity index (χ3n) is 5.37. The summed E-state index contributed by atoms with van der Waals surface area (Å²) in [6.45, 7) is 4.38. The van der Waals surface area contributed by atoms with Crippen molar-refractivity contribution in [1.82, 2.24) is 9.88 Å². The van der Waals surface area contributed by atoms with E-state index in [4.69, 9.17) is 14.5 Å². The van der Waals surface area contributed by atoms with E-state index in [2.05, 4.69) is 23.5 Å². The van der Waals surface area contributed by atoms with Crippen molar-refractivity contribution in [3.05, 3.63) is 53.0 Å². The summed E-state index contributed by atoms with van der Waals surface area (Å²) in [5, 5.41) is 4.20. The summed E-state index contributed by atoms with van der Waals surface area (Å²) in [4.78, 5) is 19.5. The Morgan fingerprint density at radius 3 is 2.77 bits per heavy atom. The highest BCUT2D eigenvalue weighted by Crippen LogP contribution is 2.34. The van der Waals surface area contributed by atoms with Gasteiger partial charge in [-0.3, -0.25) is 0 Å². The first kappa shape index (κ1) is 20.6. The molecule has 1 aromatic heterocycles. The van der Waals surface area contributed by atoms with Crippen LogP contribution in [-0.2, 0) is 4.74 Å². The Hall–Kier alpha value is -2.64. The second kappa shape index (κ2) is 9.45. The number of hydrogen-bond donors (Lipinski definition) is 1. The second-order valence-corrected chi connectivity index (χ2v) is 8.61. The molecule has 0 bridgehead atoms. The first-order valence-electron chi connectivity index (χ1n) is 10.3. The van der Waals surface area contributed by atoms with Crippen LogP contribution < -0.4 is 10.1 Å². The number of nitrogens with zero attached hydrogens (tertiary/aromatic N) is 2. The van der Waals surface area contributed by atoms with Crippen LogP contribution in [-0.4, -0.2) is 49.3 Å². The number of hydrogen-bond acceptors (Lipinski definition) is 5. The average Bonchev–Trinajstić information content (AvgIpc) is 3.20. The zero-order valence-corrected chi connectivity index (χ0v) is 18.2. The maximum atomic E-state index is 12.8. The molecule has 0 radical (unpaired) electrons. The number of aromatic nitrogens is 1. The molecule has 2 aromatic carbocycles. The van der Waals surface area contributed by atoms with E-state index >= 15 is 0 Å². The van der Waals surface area contributed by atoms with Gasteiger partial charge in [0.25, 0.3) is 0 Å². The van der Waals surface area contributed by atoms with Crippen molar-refractivity contribution >= 4 is 33.3 Å². The van der Waals surface area contributed by atoms with Crippen LogP contribution in [0.1, 0.15) is 29.3 Å². The molecule has 1 N–H and O–H groups in total. The Labute approximate surface area is 180 Å². The number of nitrogens with one attached hydrogen (secondary N) is 1. The molecule has 0 aliphatic carbocycles. The van der Waals surface area contributed by atoms with Gasteiger partial charge in [0, 0.05) is 26.1 Å². The Kier molecular flexibility index (Phi) is 6.50.